The molecule has 0 aliphatic carbocycles. The van der Waals surface area contributed by atoms with Crippen molar-refractivity contribution >= 4 is 17.6 Å². The van der Waals surface area contributed by atoms with Crippen molar-refractivity contribution < 1.29 is 4.74 Å². The minimum absolute atomic E-state index is 0.515. The van der Waals surface area contributed by atoms with Gasteiger partial charge in [0.05, 0.1) is 0 Å². The number of thioether (sulfide) groups is 1. The maximum Gasteiger partial charge on any atom is 0.225 e. The number of hydrogen-bond acceptors (Lipinski definition) is 5. The molecule has 0 atom stereocenters. The molecule has 1 heterocycles. The predicted octanol–water partition coefficient (Wildman–Crippen LogP) is 4.55. The van der Waals surface area contributed by atoms with Crippen molar-refractivity contribution in [2.75, 3.05) is 18.1 Å². The van der Waals surface area contributed by atoms with E-state index in [2.05, 4.69) is 41.3 Å². The minimum atomic E-state index is 0.515. The van der Waals surface area contributed by atoms with E-state index in [4.69, 9.17) is 4.74 Å². The molecule has 1 aromatic carbocycles. The molecule has 2 rings (SSSR count). The second-order valence-corrected chi connectivity index (χ2v) is 5.71. The van der Waals surface area contributed by atoms with Gasteiger partial charge >= 0.3 is 0 Å². The van der Waals surface area contributed by atoms with Gasteiger partial charge in [0.2, 0.25) is 5.88 Å². The molecule has 1 N–H and O–H groups in total. The lowest BCUT2D eigenvalue weighted by Gasteiger charge is -2.10. The highest BCUT2D eigenvalue weighted by Gasteiger charge is 2.06. The van der Waals surface area contributed by atoms with Crippen molar-refractivity contribution in [3.05, 3.63) is 35.9 Å². The van der Waals surface area contributed by atoms with Gasteiger partial charge in [-0.2, -0.15) is 4.98 Å². The highest BCUT2D eigenvalue weighted by molar-refractivity contribution is 7.98. The number of benzene rings is 1. The van der Waals surface area contributed by atoms with E-state index in [0.717, 1.165) is 18.1 Å². The lowest BCUT2D eigenvalue weighted by molar-refractivity contribution is 0.456. The lowest BCUT2D eigenvalue weighted by atomic mass is 10.0. The molecule has 4 nitrogen and oxygen atoms in total. The number of rotatable bonds is 6. The molecular formula is C16H21N3OS. The molecular weight excluding hydrogens is 282 g/mol. The molecule has 0 amide bonds. The highest BCUT2D eigenvalue weighted by Crippen LogP contribution is 2.25. The Kier molecular flexibility index (Phi) is 5.44. The molecule has 2 aromatic rings. The summed E-state index contributed by atoms with van der Waals surface area (Å²) in [6.45, 7) is 7.20. The fourth-order valence-corrected chi connectivity index (χ4v) is 2.23. The van der Waals surface area contributed by atoms with Gasteiger partial charge in [-0.1, -0.05) is 37.7 Å². The van der Waals surface area contributed by atoms with Gasteiger partial charge in [0.15, 0.2) is 5.16 Å². The monoisotopic (exact) mass is 303 g/mol. The zero-order valence-electron chi connectivity index (χ0n) is 12.9. The lowest BCUT2D eigenvalue weighted by Crippen LogP contribution is -2.02. The molecule has 0 radical (unpaired) electrons. The Balaban J connectivity index is 2.19. The first-order valence-electron chi connectivity index (χ1n) is 7.07. The third-order valence-corrected chi connectivity index (χ3v) is 3.54. The van der Waals surface area contributed by atoms with Crippen molar-refractivity contribution in [3.63, 3.8) is 0 Å². The summed E-state index contributed by atoms with van der Waals surface area (Å²) < 4.78 is 5.84. The summed E-state index contributed by atoms with van der Waals surface area (Å²) in [4.78, 5) is 8.76. The maximum atomic E-state index is 5.84. The summed E-state index contributed by atoms with van der Waals surface area (Å²) in [5, 5.41) is 3.88. The van der Waals surface area contributed by atoms with E-state index < -0.39 is 0 Å². The van der Waals surface area contributed by atoms with E-state index in [0.29, 0.717) is 17.0 Å². The molecule has 1 aromatic heterocycles. The number of hydrogen-bond donors (Lipinski definition) is 1. The Morgan fingerprint density at radius 2 is 1.90 bits per heavy atom. The summed E-state index contributed by atoms with van der Waals surface area (Å²) >= 11 is 1.50. The molecule has 0 bridgehead atoms. The second kappa shape index (κ2) is 7.31. The largest absolute Gasteiger partial charge is 0.439 e. The average Bonchev–Trinajstić information content (AvgIpc) is 2.48. The van der Waals surface area contributed by atoms with Crippen LogP contribution < -0.4 is 10.1 Å². The Morgan fingerprint density at radius 3 is 2.48 bits per heavy atom. The summed E-state index contributed by atoms with van der Waals surface area (Å²) in [5.74, 6) is 2.64. The van der Waals surface area contributed by atoms with E-state index in [1.54, 1.807) is 0 Å². The maximum absolute atomic E-state index is 5.84. The zero-order chi connectivity index (χ0) is 15.2. The average molecular weight is 303 g/mol. The molecule has 5 heteroatoms. The smallest absolute Gasteiger partial charge is 0.225 e. The van der Waals surface area contributed by atoms with Gasteiger partial charge in [-0.25, -0.2) is 4.98 Å². The van der Waals surface area contributed by atoms with Gasteiger partial charge in [0.1, 0.15) is 11.6 Å². The summed E-state index contributed by atoms with van der Waals surface area (Å²) in [7, 11) is 0. The van der Waals surface area contributed by atoms with E-state index in [1.807, 2.05) is 31.4 Å². The first-order chi connectivity index (χ1) is 10.1. The van der Waals surface area contributed by atoms with E-state index in [-0.39, 0.29) is 0 Å². The predicted molar refractivity (Wildman–Crippen MR) is 88.6 cm³/mol. The van der Waals surface area contributed by atoms with Crippen LogP contribution in [0.5, 0.6) is 11.6 Å². The van der Waals surface area contributed by atoms with E-state index in [9.17, 15) is 0 Å². The van der Waals surface area contributed by atoms with Crippen LogP contribution in [0.1, 0.15) is 32.3 Å². The Bertz CT molecular complexity index is 585. The Labute approximate surface area is 130 Å². The second-order valence-electron chi connectivity index (χ2n) is 4.93. The van der Waals surface area contributed by atoms with Crippen molar-refractivity contribution in [2.45, 2.75) is 31.8 Å². The number of aromatic nitrogens is 2. The minimum Gasteiger partial charge on any atom is -0.439 e. The highest BCUT2D eigenvalue weighted by atomic mass is 32.2. The van der Waals surface area contributed by atoms with Crippen LogP contribution in [0.2, 0.25) is 0 Å². The Morgan fingerprint density at radius 1 is 1.19 bits per heavy atom. The van der Waals surface area contributed by atoms with Gasteiger partial charge in [0.25, 0.3) is 0 Å². The molecule has 0 saturated heterocycles. The summed E-state index contributed by atoms with van der Waals surface area (Å²) in [5.41, 5.74) is 1.29. The quantitative estimate of drug-likeness (QED) is 0.627. The van der Waals surface area contributed by atoms with Crippen LogP contribution in [0.4, 0.5) is 5.82 Å². The SMILES string of the molecule is CCNc1cc(Oc2ccc(C(C)C)cc2)nc(SC)n1. The molecule has 0 aliphatic heterocycles. The van der Waals surface area contributed by atoms with E-state index in [1.165, 1.54) is 17.3 Å². The van der Waals surface area contributed by atoms with Crippen LogP contribution in [0, 0.1) is 0 Å². The molecule has 0 saturated carbocycles. The standard InChI is InChI=1S/C16H21N3OS/c1-5-17-14-10-15(19-16(18-14)21-4)20-13-8-6-12(7-9-13)11(2)3/h6-11H,5H2,1-4H3,(H,17,18,19). The van der Waals surface area contributed by atoms with Gasteiger partial charge in [0, 0.05) is 12.6 Å². The van der Waals surface area contributed by atoms with Crippen LogP contribution in [0.25, 0.3) is 0 Å². The van der Waals surface area contributed by atoms with Crippen molar-refractivity contribution in [1.29, 1.82) is 0 Å². The van der Waals surface area contributed by atoms with Crippen LogP contribution in [-0.2, 0) is 0 Å². The van der Waals surface area contributed by atoms with Gasteiger partial charge in [-0.05, 0) is 36.8 Å². The van der Waals surface area contributed by atoms with Gasteiger partial charge in [-0.15, -0.1) is 0 Å². The fourth-order valence-electron chi connectivity index (χ4n) is 1.86. The van der Waals surface area contributed by atoms with Crippen molar-refractivity contribution in [3.8, 4) is 11.6 Å². The van der Waals surface area contributed by atoms with Crippen molar-refractivity contribution in [1.82, 2.24) is 9.97 Å². The number of nitrogens with zero attached hydrogens (tertiary/aromatic N) is 2. The third-order valence-electron chi connectivity index (χ3n) is 2.99. The summed E-state index contributed by atoms with van der Waals surface area (Å²) in [6.07, 6.45) is 1.95. The van der Waals surface area contributed by atoms with Crippen LogP contribution in [0.3, 0.4) is 0 Å². The molecule has 0 fully saturated rings. The zero-order valence-corrected chi connectivity index (χ0v) is 13.7. The molecule has 0 aliphatic rings. The molecule has 0 spiro atoms. The molecule has 0 unspecified atom stereocenters. The van der Waals surface area contributed by atoms with E-state index >= 15 is 0 Å². The summed E-state index contributed by atoms with van der Waals surface area (Å²) in [6, 6.07) is 9.94. The van der Waals surface area contributed by atoms with Crippen molar-refractivity contribution in [2.24, 2.45) is 0 Å². The normalized spacial score (nSPS) is 10.7. The topological polar surface area (TPSA) is 47.0 Å². The van der Waals surface area contributed by atoms with Crippen LogP contribution in [0.15, 0.2) is 35.5 Å². The van der Waals surface area contributed by atoms with Crippen LogP contribution in [-0.4, -0.2) is 22.8 Å². The fraction of sp³-hybridized carbons (Fsp3) is 0.375. The first-order valence-corrected chi connectivity index (χ1v) is 8.29. The molecule has 21 heavy (non-hydrogen) atoms. The number of nitrogens with one attached hydrogen (secondary N) is 1. The van der Waals surface area contributed by atoms with Gasteiger partial charge < -0.3 is 10.1 Å². The first kappa shape index (κ1) is 15.6. The number of anilines is 1. The Hall–Kier alpha value is -1.75. The third kappa shape index (κ3) is 4.36. The van der Waals surface area contributed by atoms with Gasteiger partial charge in [-0.3, -0.25) is 0 Å². The number of ether oxygens (including phenoxy) is 1. The molecule has 112 valence electrons. The van der Waals surface area contributed by atoms with Crippen LogP contribution >= 0.6 is 11.8 Å².